The van der Waals surface area contributed by atoms with Crippen LogP contribution in [-0.4, -0.2) is 29.7 Å². The maximum absolute atomic E-state index is 10.6. The summed E-state index contributed by atoms with van der Waals surface area (Å²) in [7, 11) is 0. The summed E-state index contributed by atoms with van der Waals surface area (Å²) in [6.07, 6.45) is 1.65. The van der Waals surface area contributed by atoms with E-state index in [9.17, 15) is 9.59 Å². The van der Waals surface area contributed by atoms with Gasteiger partial charge in [-0.25, -0.2) is 0 Å². The number of nitrogens with one attached hydrogen (secondary N) is 1. The molecule has 1 aliphatic heterocycles. The summed E-state index contributed by atoms with van der Waals surface area (Å²) in [6.45, 7) is 0.668. The first-order chi connectivity index (χ1) is 4.34. The van der Waals surface area contributed by atoms with E-state index in [4.69, 9.17) is 0 Å². The van der Waals surface area contributed by atoms with Gasteiger partial charge in [0.2, 0.25) is 12.2 Å². The number of carbonyl (C=O) groups excluding carboxylic acids is 2. The quantitative estimate of drug-likeness (QED) is 0.496. The zero-order valence-corrected chi connectivity index (χ0v) is 5.53. The molecule has 0 aliphatic carbocycles. The average molecular weight is 144 g/mol. The van der Waals surface area contributed by atoms with Crippen molar-refractivity contribution in [3.05, 3.63) is 0 Å². The Morgan fingerprint density at radius 1 is 1.78 bits per heavy atom. The molecule has 1 atom stereocenters. The number of hydrogen-bond donors (Lipinski definition) is 1. The maximum Gasteiger partial charge on any atom is 0.241 e. The summed E-state index contributed by atoms with van der Waals surface area (Å²) in [5.74, 6) is 0.604. The van der Waals surface area contributed by atoms with Crippen molar-refractivity contribution >= 4 is 24.0 Å². The SMILES string of the molecule is O=[C]C1SCCNC1=O. The number of thioether (sulfide) groups is 1. The molecule has 1 fully saturated rings. The first-order valence-electron chi connectivity index (χ1n) is 2.61. The molecular formula is C5H6NO2S. The van der Waals surface area contributed by atoms with Crippen molar-refractivity contribution in [1.29, 1.82) is 0 Å². The fourth-order valence-corrected chi connectivity index (χ4v) is 1.37. The van der Waals surface area contributed by atoms with E-state index in [0.29, 0.717) is 6.54 Å². The minimum Gasteiger partial charge on any atom is -0.354 e. The molecule has 0 aromatic carbocycles. The molecule has 0 saturated carbocycles. The highest BCUT2D eigenvalue weighted by molar-refractivity contribution is 8.01. The maximum atomic E-state index is 10.6. The zero-order valence-electron chi connectivity index (χ0n) is 4.72. The lowest BCUT2D eigenvalue weighted by Crippen LogP contribution is -2.39. The van der Waals surface area contributed by atoms with Crippen LogP contribution < -0.4 is 5.32 Å². The molecule has 0 aromatic heterocycles. The van der Waals surface area contributed by atoms with Crippen molar-refractivity contribution in [2.24, 2.45) is 0 Å². The first kappa shape index (κ1) is 6.61. The molecule has 1 amide bonds. The van der Waals surface area contributed by atoms with Gasteiger partial charge in [0.1, 0.15) is 5.25 Å². The highest BCUT2D eigenvalue weighted by Gasteiger charge is 2.21. The molecule has 49 valence electrons. The zero-order chi connectivity index (χ0) is 6.69. The van der Waals surface area contributed by atoms with E-state index < -0.39 is 5.25 Å². The Morgan fingerprint density at radius 2 is 2.56 bits per heavy atom. The highest BCUT2D eigenvalue weighted by Crippen LogP contribution is 2.11. The van der Waals surface area contributed by atoms with E-state index in [1.165, 1.54) is 11.8 Å². The van der Waals surface area contributed by atoms with Gasteiger partial charge in [-0.2, -0.15) is 0 Å². The predicted molar refractivity (Wildman–Crippen MR) is 34.9 cm³/mol. The normalized spacial score (nSPS) is 27.1. The Morgan fingerprint density at radius 3 is 3.00 bits per heavy atom. The van der Waals surface area contributed by atoms with Crippen LogP contribution in [0, 0.1) is 0 Å². The van der Waals surface area contributed by atoms with Gasteiger partial charge in [0.25, 0.3) is 0 Å². The van der Waals surface area contributed by atoms with Crippen LogP contribution in [-0.2, 0) is 9.59 Å². The van der Waals surface area contributed by atoms with Crippen LogP contribution in [0.25, 0.3) is 0 Å². The molecule has 0 spiro atoms. The third-order valence-corrected chi connectivity index (χ3v) is 2.11. The molecule has 3 nitrogen and oxygen atoms in total. The van der Waals surface area contributed by atoms with Gasteiger partial charge in [-0.05, 0) is 0 Å². The van der Waals surface area contributed by atoms with Gasteiger partial charge in [-0.3, -0.25) is 9.59 Å². The van der Waals surface area contributed by atoms with Crippen molar-refractivity contribution in [2.75, 3.05) is 12.3 Å². The number of rotatable bonds is 1. The minimum absolute atomic E-state index is 0.207. The summed E-state index contributed by atoms with van der Waals surface area (Å²) in [5, 5.41) is 1.98. The number of hydrogen-bond acceptors (Lipinski definition) is 3. The van der Waals surface area contributed by atoms with Gasteiger partial charge in [0, 0.05) is 12.3 Å². The Balaban J connectivity index is 2.48. The summed E-state index contributed by atoms with van der Waals surface area (Å²) in [6, 6.07) is 0. The van der Waals surface area contributed by atoms with Crippen LogP contribution in [0.15, 0.2) is 0 Å². The monoisotopic (exact) mass is 144 g/mol. The van der Waals surface area contributed by atoms with Crippen molar-refractivity contribution in [3.63, 3.8) is 0 Å². The molecule has 1 rings (SSSR count). The van der Waals surface area contributed by atoms with E-state index in [1.807, 2.05) is 0 Å². The fourth-order valence-electron chi connectivity index (χ4n) is 0.607. The molecule has 1 heterocycles. The average Bonchev–Trinajstić information content (AvgIpc) is 1.89. The second kappa shape index (κ2) is 2.87. The van der Waals surface area contributed by atoms with Crippen LogP contribution in [0.2, 0.25) is 0 Å². The van der Waals surface area contributed by atoms with Gasteiger partial charge >= 0.3 is 0 Å². The Bertz CT molecular complexity index is 137. The summed E-state index contributed by atoms with van der Waals surface area (Å²) >= 11 is 1.34. The van der Waals surface area contributed by atoms with Crippen molar-refractivity contribution in [3.8, 4) is 0 Å². The van der Waals surface area contributed by atoms with E-state index >= 15 is 0 Å². The van der Waals surface area contributed by atoms with E-state index in [-0.39, 0.29) is 5.91 Å². The lowest BCUT2D eigenvalue weighted by molar-refractivity contribution is -0.119. The molecule has 1 unspecified atom stereocenters. The van der Waals surface area contributed by atoms with Gasteiger partial charge < -0.3 is 5.32 Å². The Labute approximate surface area is 57.2 Å². The second-order valence-electron chi connectivity index (χ2n) is 1.66. The van der Waals surface area contributed by atoms with Crippen LogP contribution in [0.5, 0.6) is 0 Å². The molecule has 9 heavy (non-hydrogen) atoms. The lowest BCUT2D eigenvalue weighted by atomic mass is 10.4. The summed E-state index contributed by atoms with van der Waals surface area (Å²) in [5.41, 5.74) is 0. The van der Waals surface area contributed by atoms with E-state index in [1.54, 1.807) is 6.29 Å². The fraction of sp³-hybridized carbons (Fsp3) is 0.600. The minimum atomic E-state index is -0.584. The smallest absolute Gasteiger partial charge is 0.241 e. The standard InChI is InChI=1S/C5H6NO2S/c7-3-4-5(8)6-1-2-9-4/h4H,1-2H2,(H,6,8). The highest BCUT2D eigenvalue weighted by atomic mass is 32.2. The molecule has 0 aromatic rings. The molecule has 4 heteroatoms. The van der Waals surface area contributed by atoms with Gasteiger partial charge in [-0.15, -0.1) is 11.8 Å². The molecule has 1 saturated heterocycles. The molecule has 0 bridgehead atoms. The lowest BCUT2D eigenvalue weighted by Gasteiger charge is -2.14. The molecule has 1 N–H and O–H groups in total. The Kier molecular flexibility index (Phi) is 2.10. The largest absolute Gasteiger partial charge is 0.354 e. The van der Waals surface area contributed by atoms with Crippen molar-refractivity contribution in [1.82, 2.24) is 5.32 Å². The van der Waals surface area contributed by atoms with Gasteiger partial charge in [0.05, 0.1) is 0 Å². The van der Waals surface area contributed by atoms with E-state index in [0.717, 1.165) is 5.75 Å². The molecule has 1 aliphatic rings. The van der Waals surface area contributed by atoms with E-state index in [2.05, 4.69) is 5.32 Å². The summed E-state index contributed by atoms with van der Waals surface area (Å²) < 4.78 is 0. The van der Waals surface area contributed by atoms with Crippen LogP contribution >= 0.6 is 11.8 Å². The third kappa shape index (κ3) is 1.45. The summed E-state index contributed by atoms with van der Waals surface area (Å²) in [4.78, 5) is 20.6. The number of carbonyl (C=O) groups is 1. The molecular weight excluding hydrogens is 138 g/mol. The van der Waals surface area contributed by atoms with Gasteiger partial charge in [-0.1, -0.05) is 0 Å². The van der Waals surface area contributed by atoms with Gasteiger partial charge in [0.15, 0.2) is 0 Å². The van der Waals surface area contributed by atoms with Crippen LogP contribution in [0.1, 0.15) is 0 Å². The number of amides is 1. The predicted octanol–water partition coefficient (Wildman–Crippen LogP) is -0.672. The first-order valence-corrected chi connectivity index (χ1v) is 3.66. The van der Waals surface area contributed by atoms with Crippen LogP contribution in [0.3, 0.4) is 0 Å². The Hall–Kier alpha value is -0.510. The van der Waals surface area contributed by atoms with Crippen LogP contribution in [0.4, 0.5) is 0 Å². The topological polar surface area (TPSA) is 46.2 Å². The third-order valence-electron chi connectivity index (χ3n) is 1.03. The molecule has 1 radical (unpaired) electrons. The second-order valence-corrected chi connectivity index (χ2v) is 2.87. The van der Waals surface area contributed by atoms with Crippen molar-refractivity contribution in [2.45, 2.75) is 5.25 Å². The van der Waals surface area contributed by atoms with Crippen molar-refractivity contribution < 1.29 is 9.59 Å².